The molecule has 0 saturated carbocycles. The highest BCUT2D eigenvalue weighted by molar-refractivity contribution is 6.04. The van der Waals surface area contributed by atoms with E-state index in [4.69, 9.17) is 10.00 Å². The monoisotopic (exact) mass is 242 g/mol. The Labute approximate surface area is 103 Å². The van der Waals surface area contributed by atoms with Crippen LogP contribution in [0.15, 0.2) is 30.6 Å². The molecule has 1 amide bonds. The number of ether oxygens (including phenoxy) is 1. The van der Waals surface area contributed by atoms with Gasteiger partial charge in [0.15, 0.2) is 11.5 Å². The van der Waals surface area contributed by atoms with E-state index >= 15 is 0 Å². The molecule has 90 valence electrons. The van der Waals surface area contributed by atoms with Crippen LogP contribution in [0.3, 0.4) is 0 Å². The molecule has 2 rings (SSSR count). The SMILES string of the molecule is COc1ccc(C(=O)Nc2nc[nH]c2C#N)cc1. The molecule has 6 heteroatoms. The number of nitrogens with zero attached hydrogens (tertiary/aromatic N) is 2. The molecular weight excluding hydrogens is 232 g/mol. The van der Waals surface area contributed by atoms with Gasteiger partial charge in [0.1, 0.15) is 11.8 Å². The molecule has 0 spiro atoms. The lowest BCUT2D eigenvalue weighted by molar-refractivity contribution is 0.102. The number of hydrogen-bond acceptors (Lipinski definition) is 4. The fourth-order valence-electron chi connectivity index (χ4n) is 1.40. The van der Waals surface area contributed by atoms with Crippen LogP contribution in [0.4, 0.5) is 5.82 Å². The Morgan fingerprint density at radius 3 is 2.78 bits per heavy atom. The summed E-state index contributed by atoms with van der Waals surface area (Å²) in [7, 11) is 1.55. The van der Waals surface area contributed by atoms with E-state index in [1.54, 1.807) is 31.4 Å². The number of amides is 1. The number of nitriles is 1. The van der Waals surface area contributed by atoms with Gasteiger partial charge in [-0.1, -0.05) is 0 Å². The Hall–Kier alpha value is -2.81. The van der Waals surface area contributed by atoms with E-state index in [1.807, 2.05) is 6.07 Å². The minimum Gasteiger partial charge on any atom is -0.497 e. The number of carbonyl (C=O) groups excluding carboxylic acids is 1. The van der Waals surface area contributed by atoms with Gasteiger partial charge in [0.2, 0.25) is 0 Å². The van der Waals surface area contributed by atoms with Crippen LogP contribution in [0, 0.1) is 11.3 Å². The fourth-order valence-corrected chi connectivity index (χ4v) is 1.40. The number of benzene rings is 1. The van der Waals surface area contributed by atoms with Crippen molar-refractivity contribution in [3.63, 3.8) is 0 Å². The van der Waals surface area contributed by atoms with Crippen molar-refractivity contribution in [3.8, 4) is 11.8 Å². The Bertz CT molecular complexity index is 595. The molecule has 6 nitrogen and oxygen atoms in total. The zero-order valence-electron chi connectivity index (χ0n) is 9.60. The van der Waals surface area contributed by atoms with Crippen LogP contribution in [-0.2, 0) is 0 Å². The van der Waals surface area contributed by atoms with Gasteiger partial charge in [0.25, 0.3) is 5.91 Å². The van der Waals surface area contributed by atoms with E-state index in [2.05, 4.69) is 15.3 Å². The molecule has 1 aromatic heterocycles. The number of aromatic nitrogens is 2. The molecule has 0 fully saturated rings. The van der Waals surface area contributed by atoms with Crippen molar-refractivity contribution in [1.29, 1.82) is 5.26 Å². The van der Waals surface area contributed by atoms with E-state index < -0.39 is 0 Å². The van der Waals surface area contributed by atoms with Crippen molar-refractivity contribution in [2.75, 3.05) is 12.4 Å². The number of anilines is 1. The molecule has 18 heavy (non-hydrogen) atoms. The van der Waals surface area contributed by atoms with Gasteiger partial charge in [-0.25, -0.2) is 4.98 Å². The van der Waals surface area contributed by atoms with Crippen molar-refractivity contribution in [2.45, 2.75) is 0 Å². The van der Waals surface area contributed by atoms with Crippen LogP contribution < -0.4 is 10.1 Å². The number of methoxy groups -OCH3 is 1. The van der Waals surface area contributed by atoms with Crippen LogP contribution in [-0.4, -0.2) is 23.0 Å². The molecule has 0 saturated heterocycles. The van der Waals surface area contributed by atoms with Crippen molar-refractivity contribution in [1.82, 2.24) is 9.97 Å². The quantitative estimate of drug-likeness (QED) is 0.854. The maximum absolute atomic E-state index is 11.9. The number of imidazole rings is 1. The van der Waals surface area contributed by atoms with Gasteiger partial charge in [-0.3, -0.25) is 4.79 Å². The lowest BCUT2D eigenvalue weighted by atomic mass is 10.2. The van der Waals surface area contributed by atoms with E-state index in [9.17, 15) is 4.79 Å². The summed E-state index contributed by atoms with van der Waals surface area (Å²) in [5.41, 5.74) is 0.680. The van der Waals surface area contributed by atoms with Gasteiger partial charge in [-0.05, 0) is 24.3 Å². The zero-order chi connectivity index (χ0) is 13.0. The topological polar surface area (TPSA) is 90.8 Å². The summed E-state index contributed by atoms with van der Waals surface area (Å²) in [4.78, 5) is 18.3. The van der Waals surface area contributed by atoms with Crippen LogP contribution >= 0.6 is 0 Å². The van der Waals surface area contributed by atoms with Gasteiger partial charge >= 0.3 is 0 Å². The Morgan fingerprint density at radius 1 is 1.44 bits per heavy atom. The Morgan fingerprint density at radius 2 is 2.17 bits per heavy atom. The summed E-state index contributed by atoms with van der Waals surface area (Å²) in [5, 5.41) is 11.3. The molecule has 0 radical (unpaired) electrons. The molecule has 2 aromatic rings. The summed E-state index contributed by atoms with van der Waals surface area (Å²) >= 11 is 0. The summed E-state index contributed by atoms with van der Waals surface area (Å²) in [6.45, 7) is 0. The largest absolute Gasteiger partial charge is 0.497 e. The van der Waals surface area contributed by atoms with Gasteiger partial charge < -0.3 is 15.0 Å². The first-order chi connectivity index (χ1) is 8.74. The van der Waals surface area contributed by atoms with Crippen LogP contribution in [0.25, 0.3) is 0 Å². The summed E-state index contributed by atoms with van der Waals surface area (Å²) in [5.74, 6) is 0.559. The van der Waals surface area contributed by atoms with Crippen LogP contribution in [0.1, 0.15) is 16.1 Å². The highest BCUT2D eigenvalue weighted by atomic mass is 16.5. The van der Waals surface area contributed by atoms with Gasteiger partial charge in [0.05, 0.1) is 13.4 Å². The summed E-state index contributed by atoms with van der Waals surface area (Å²) in [6, 6.07) is 8.53. The van der Waals surface area contributed by atoms with Crippen molar-refractivity contribution in [3.05, 3.63) is 41.9 Å². The highest BCUT2D eigenvalue weighted by Crippen LogP contribution is 2.14. The minimum atomic E-state index is -0.332. The maximum Gasteiger partial charge on any atom is 0.256 e. The van der Waals surface area contributed by atoms with Gasteiger partial charge in [-0.2, -0.15) is 5.26 Å². The van der Waals surface area contributed by atoms with Crippen molar-refractivity contribution >= 4 is 11.7 Å². The van der Waals surface area contributed by atoms with Crippen molar-refractivity contribution in [2.24, 2.45) is 0 Å². The minimum absolute atomic E-state index is 0.219. The van der Waals surface area contributed by atoms with Gasteiger partial charge in [-0.15, -0.1) is 0 Å². The van der Waals surface area contributed by atoms with Crippen LogP contribution in [0.2, 0.25) is 0 Å². The average Bonchev–Trinajstić information content (AvgIpc) is 2.86. The molecule has 0 aliphatic rings. The number of carbonyl (C=O) groups is 1. The van der Waals surface area contributed by atoms with E-state index in [-0.39, 0.29) is 17.4 Å². The predicted molar refractivity (Wildman–Crippen MR) is 64.2 cm³/mol. The second-order valence-corrected chi connectivity index (χ2v) is 3.42. The molecule has 0 aliphatic heterocycles. The normalized spacial score (nSPS) is 9.56. The standard InChI is InChI=1S/C12H10N4O2/c1-18-9-4-2-8(3-5-9)12(17)16-11-10(6-13)14-7-15-11/h2-5,7H,1H3,(H,14,15)(H,16,17). The van der Waals surface area contributed by atoms with E-state index in [1.165, 1.54) is 6.33 Å². The number of aromatic amines is 1. The highest BCUT2D eigenvalue weighted by Gasteiger charge is 2.10. The summed E-state index contributed by atoms with van der Waals surface area (Å²) < 4.78 is 5.00. The lowest BCUT2D eigenvalue weighted by Gasteiger charge is -2.03. The summed E-state index contributed by atoms with van der Waals surface area (Å²) in [6.07, 6.45) is 1.35. The van der Waals surface area contributed by atoms with Crippen LogP contribution in [0.5, 0.6) is 5.75 Å². The Kier molecular flexibility index (Phi) is 3.25. The molecule has 0 bridgehead atoms. The first-order valence-electron chi connectivity index (χ1n) is 5.13. The fraction of sp³-hybridized carbons (Fsp3) is 0.0833. The predicted octanol–water partition coefficient (Wildman–Crippen LogP) is 1.54. The molecule has 0 aliphatic carbocycles. The maximum atomic E-state index is 11.9. The second-order valence-electron chi connectivity index (χ2n) is 3.42. The van der Waals surface area contributed by atoms with E-state index in [0.717, 1.165) is 0 Å². The number of rotatable bonds is 3. The van der Waals surface area contributed by atoms with Crippen molar-refractivity contribution < 1.29 is 9.53 Å². The second kappa shape index (κ2) is 5.01. The molecule has 0 atom stereocenters. The Balaban J connectivity index is 2.15. The molecular formula is C12H10N4O2. The third-order valence-corrected chi connectivity index (χ3v) is 2.34. The first kappa shape index (κ1) is 11.7. The van der Waals surface area contributed by atoms with E-state index in [0.29, 0.717) is 11.3 Å². The molecule has 1 heterocycles. The smallest absolute Gasteiger partial charge is 0.256 e. The average molecular weight is 242 g/mol. The third kappa shape index (κ3) is 2.30. The molecule has 0 unspecified atom stereocenters. The van der Waals surface area contributed by atoms with Gasteiger partial charge in [0, 0.05) is 5.56 Å². The first-order valence-corrected chi connectivity index (χ1v) is 5.13. The molecule has 2 N–H and O–H groups in total. The number of H-pyrrole nitrogens is 1. The zero-order valence-corrected chi connectivity index (χ0v) is 9.60. The number of nitrogens with one attached hydrogen (secondary N) is 2. The number of hydrogen-bond donors (Lipinski definition) is 2. The molecule has 1 aromatic carbocycles. The third-order valence-electron chi connectivity index (χ3n) is 2.34. The lowest BCUT2D eigenvalue weighted by Crippen LogP contribution is -2.12.